The van der Waals surface area contributed by atoms with E-state index < -0.39 is 11.0 Å². The number of morpholine rings is 1. The van der Waals surface area contributed by atoms with Crippen LogP contribution in [-0.4, -0.2) is 35.3 Å². The SMILES string of the molecule is C[C@@H](O)c1ccc(N2CCOCC2(C)C)c([N+](=O)[O-])c1. The van der Waals surface area contributed by atoms with Gasteiger partial charge in [0.05, 0.1) is 29.8 Å². The topological polar surface area (TPSA) is 75.8 Å². The highest BCUT2D eigenvalue weighted by molar-refractivity contribution is 5.66. The molecule has 0 saturated carbocycles. The average Bonchev–Trinajstić information content (AvgIpc) is 2.37. The predicted molar refractivity (Wildman–Crippen MR) is 76.0 cm³/mol. The first-order chi connectivity index (χ1) is 9.33. The number of nitrogens with zero attached hydrogens (tertiary/aromatic N) is 2. The lowest BCUT2D eigenvalue weighted by atomic mass is 9.99. The zero-order chi connectivity index (χ0) is 14.9. The van der Waals surface area contributed by atoms with Crippen LogP contribution in [-0.2, 0) is 4.74 Å². The lowest BCUT2D eigenvalue weighted by Gasteiger charge is -2.43. The minimum absolute atomic E-state index is 0.0263. The van der Waals surface area contributed by atoms with Crippen LogP contribution < -0.4 is 4.90 Å². The maximum absolute atomic E-state index is 11.3. The van der Waals surface area contributed by atoms with E-state index in [1.54, 1.807) is 19.1 Å². The third-order valence-electron chi connectivity index (χ3n) is 3.61. The van der Waals surface area contributed by atoms with Crippen molar-refractivity contribution in [1.82, 2.24) is 0 Å². The monoisotopic (exact) mass is 280 g/mol. The number of nitro benzene ring substituents is 1. The highest BCUT2D eigenvalue weighted by Gasteiger charge is 2.34. The second kappa shape index (κ2) is 5.38. The fraction of sp³-hybridized carbons (Fsp3) is 0.571. The maximum Gasteiger partial charge on any atom is 0.292 e. The van der Waals surface area contributed by atoms with Crippen LogP contribution in [0.15, 0.2) is 18.2 Å². The lowest BCUT2D eigenvalue weighted by Crippen LogP contribution is -2.53. The summed E-state index contributed by atoms with van der Waals surface area (Å²) in [6, 6.07) is 4.90. The molecule has 1 fully saturated rings. The number of hydrogen-bond acceptors (Lipinski definition) is 5. The largest absolute Gasteiger partial charge is 0.389 e. The number of anilines is 1. The number of aliphatic hydroxyl groups is 1. The number of hydrogen-bond donors (Lipinski definition) is 1. The first-order valence-corrected chi connectivity index (χ1v) is 6.65. The second-order valence-corrected chi connectivity index (χ2v) is 5.70. The van der Waals surface area contributed by atoms with E-state index in [1.165, 1.54) is 6.07 Å². The second-order valence-electron chi connectivity index (χ2n) is 5.70. The van der Waals surface area contributed by atoms with Gasteiger partial charge in [-0.25, -0.2) is 0 Å². The number of ether oxygens (including phenoxy) is 1. The number of aliphatic hydroxyl groups excluding tert-OH is 1. The zero-order valence-corrected chi connectivity index (χ0v) is 12.0. The summed E-state index contributed by atoms with van der Waals surface area (Å²) in [5, 5.41) is 20.9. The van der Waals surface area contributed by atoms with E-state index in [2.05, 4.69) is 0 Å². The van der Waals surface area contributed by atoms with Gasteiger partial charge in [0.15, 0.2) is 0 Å². The molecule has 0 aromatic heterocycles. The first kappa shape index (κ1) is 14.7. The molecule has 6 nitrogen and oxygen atoms in total. The van der Waals surface area contributed by atoms with Crippen LogP contribution in [0.4, 0.5) is 11.4 Å². The molecule has 0 bridgehead atoms. The van der Waals surface area contributed by atoms with E-state index in [9.17, 15) is 15.2 Å². The molecule has 1 aromatic carbocycles. The van der Waals surface area contributed by atoms with Crippen molar-refractivity contribution in [2.75, 3.05) is 24.7 Å². The molecular weight excluding hydrogens is 260 g/mol. The van der Waals surface area contributed by atoms with Gasteiger partial charge in [0.2, 0.25) is 0 Å². The Kier molecular flexibility index (Phi) is 3.96. The summed E-state index contributed by atoms with van der Waals surface area (Å²) in [5.41, 5.74) is 0.854. The molecule has 2 rings (SSSR count). The van der Waals surface area contributed by atoms with Crippen molar-refractivity contribution in [1.29, 1.82) is 0 Å². The Hall–Kier alpha value is -1.66. The molecule has 0 amide bonds. The highest BCUT2D eigenvalue weighted by atomic mass is 16.6. The Morgan fingerprint density at radius 1 is 1.50 bits per heavy atom. The molecule has 1 atom stereocenters. The third-order valence-corrected chi connectivity index (χ3v) is 3.61. The molecular formula is C14H20N2O4. The molecule has 20 heavy (non-hydrogen) atoms. The fourth-order valence-corrected chi connectivity index (χ4v) is 2.48. The van der Waals surface area contributed by atoms with Crippen molar-refractivity contribution in [3.05, 3.63) is 33.9 Å². The van der Waals surface area contributed by atoms with E-state index >= 15 is 0 Å². The quantitative estimate of drug-likeness (QED) is 0.679. The van der Waals surface area contributed by atoms with Crippen molar-refractivity contribution < 1.29 is 14.8 Å². The molecule has 1 aromatic rings. The molecule has 0 unspecified atom stereocenters. The summed E-state index contributed by atoms with van der Waals surface area (Å²) >= 11 is 0. The predicted octanol–water partition coefficient (Wildman–Crippen LogP) is 2.26. The van der Waals surface area contributed by atoms with Crippen molar-refractivity contribution >= 4 is 11.4 Å². The van der Waals surface area contributed by atoms with Gasteiger partial charge in [-0.2, -0.15) is 0 Å². The Bertz CT molecular complexity index is 514. The van der Waals surface area contributed by atoms with Crippen LogP contribution in [0.25, 0.3) is 0 Å². The molecule has 110 valence electrons. The molecule has 1 N–H and O–H groups in total. The first-order valence-electron chi connectivity index (χ1n) is 6.65. The third kappa shape index (κ3) is 2.76. The summed E-state index contributed by atoms with van der Waals surface area (Å²) < 4.78 is 5.45. The summed E-state index contributed by atoms with van der Waals surface area (Å²) in [7, 11) is 0. The Morgan fingerprint density at radius 2 is 2.20 bits per heavy atom. The average molecular weight is 280 g/mol. The fourth-order valence-electron chi connectivity index (χ4n) is 2.48. The van der Waals surface area contributed by atoms with Gasteiger partial charge in [0.1, 0.15) is 5.69 Å². The van der Waals surface area contributed by atoms with Crippen LogP contribution >= 0.6 is 0 Å². The van der Waals surface area contributed by atoms with E-state index in [0.29, 0.717) is 31.0 Å². The summed E-state index contributed by atoms with van der Waals surface area (Å²) in [6.45, 7) is 7.29. The zero-order valence-electron chi connectivity index (χ0n) is 12.0. The molecule has 0 spiro atoms. The molecule has 1 heterocycles. The van der Waals surface area contributed by atoms with Crippen molar-refractivity contribution in [3.63, 3.8) is 0 Å². The Balaban J connectivity index is 2.47. The van der Waals surface area contributed by atoms with Crippen LogP contribution in [0.2, 0.25) is 0 Å². The van der Waals surface area contributed by atoms with Gasteiger partial charge in [-0.15, -0.1) is 0 Å². The molecule has 1 aliphatic heterocycles. The van der Waals surface area contributed by atoms with Crippen molar-refractivity contribution in [2.24, 2.45) is 0 Å². The number of nitro groups is 1. The minimum Gasteiger partial charge on any atom is -0.389 e. The Morgan fingerprint density at radius 3 is 2.75 bits per heavy atom. The van der Waals surface area contributed by atoms with Gasteiger partial charge in [0.25, 0.3) is 5.69 Å². The number of benzene rings is 1. The van der Waals surface area contributed by atoms with Crippen LogP contribution in [0.1, 0.15) is 32.4 Å². The van der Waals surface area contributed by atoms with E-state index in [4.69, 9.17) is 4.74 Å². The van der Waals surface area contributed by atoms with E-state index in [0.717, 1.165) is 0 Å². The molecule has 0 radical (unpaired) electrons. The van der Waals surface area contributed by atoms with E-state index in [1.807, 2.05) is 18.7 Å². The maximum atomic E-state index is 11.3. The Labute approximate surface area is 118 Å². The van der Waals surface area contributed by atoms with Crippen molar-refractivity contribution in [2.45, 2.75) is 32.4 Å². The highest BCUT2D eigenvalue weighted by Crippen LogP contribution is 2.36. The van der Waals surface area contributed by atoms with Gasteiger partial charge in [-0.3, -0.25) is 10.1 Å². The van der Waals surface area contributed by atoms with Gasteiger partial charge >= 0.3 is 0 Å². The van der Waals surface area contributed by atoms with E-state index in [-0.39, 0.29) is 11.2 Å². The summed E-state index contributed by atoms with van der Waals surface area (Å²) in [6.07, 6.45) is -0.722. The van der Waals surface area contributed by atoms with Gasteiger partial charge in [0, 0.05) is 12.6 Å². The standard InChI is InChI=1S/C14H20N2O4/c1-10(17)11-4-5-12(13(8-11)16(18)19)15-6-7-20-9-14(15,2)3/h4-5,8,10,17H,6-7,9H2,1-3H3/t10-/m1/s1. The van der Waals surface area contributed by atoms with Gasteiger partial charge in [-0.05, 0) is 32.4 Å². The molecule has 0 aliphatic carbocycles. The van der Waals surface area contributed by atoms with Crippen LogP contribution in [0.3, 0.4) is 0 Å². The molecule has 6 heteroatoms. The summed E-state index contributed by atoms with van der Waals surface area (Å²) in [4.78, 5) is 12.9. The normalized spacial score (nSPS) is 19.7. The smallest absolute Gasteiger partial charge is 0.292 e. The van der Waals surface area contributed by atoms with Gasteiger partial charge < -0.3 is 14.7 Å². The number of rotatable bonds is 3. The van der Waals surface area contributed by atoms with Crippen LogP contribution in [0, 0.1) is 10.1 Å². The van der Waals surface area contributed by atoms with Crippen LogP contribution in [0.5, 0.6) is 0 Å². The minimum atomic E-state index is -0.722. The molecule has 1 saturated heterocycles. The van der Waals surface area contributed by atoms with Crippen molar-refractivity contribution in [3.8, 4) is 0 Å². The van der Waals surface area contributed by atoms with Gasteiger partial charge in [-0.1, -0.05) is 6.07 Å². The lowest BCUT2D eigenvalue weighted by molar-refractivity contribution is -0.384. The summed E-state index contributed by atoms with van der Waals surface area (Å²) in [5.74, 6) is 0. The molecule has 1 aliphatic rings.